The SMILES string of the molecule is C#Cc1cc(C[C@@H](CC(=O)N2CCC(N3Cc4ccccc4NC3=O)CC2)C(=O)N2CCC(N3CCNCC3)CC2)cc(Cl)c1N. The molecular weight excluding hydrogens is 602 g/mol. The lowest BCUT2D eigenvalue weighted by Crippen LogP contribution is -2.53. The summed E-state index contributed by atoms with van der Waals surface area (Å²) in [6.45, 7) is 7.10. The lowest BCUT2D eigenvalue weighted by molar-refractivity contribution is -0.143. The number of halogens is 1. The number of carbonyl (C=O) groups is 3. The van der Waals surface area contributed by atoms with E-state index in [4.69, 9.17) is 23.8 Å². The van der Waals surface area contributed by atoms with E-state index in [0.717, 1.165) is 55.8 Å². The second-order valence-corrected chi connectivity index (χ2v) is 13.4. The minimum absolute atomic E-state index is 0.000792. The Bertz CT molecular complexity index is 1490. The molecule has 4 N–H and O–H groups in total. The fraction of sp³-hybridized carbons (Fsp3) is 0.514. The number of piperidine rings is 2. The first kappa shape index (κ1) is 32.2. The molecule has 0 saturated carbocycles. The summed E-state index contributed by atoms with van der Waals surface area (Å²) < 4.78 is 0. The Kier molecular flexibility index (Phi) is 10.0. The molecule has 4 aliphatic rings. The van der Waals surface area contributed by atoms with Crippen LogP contribution in [0, 0.1) is 18.3 Å². The van der Waals surface area contributed by atoms with Crippen LogP contribution in [0.5, 0.6) is 0 Å². The second kappa shape index (κ2) is 14.3. The number of hydrogen-bond acceptors (Lipinski definition) is 6. The van der Waals surface area contributed by atoms with E-state index in [1.54, 1.807) is 12.1 Å². The van der Waals surface area contributed by atoms with Crippen molar-refractivity contribution in [2.75, 3.05) is 63.4 Å². The van der Waals surface area contributed by atoms with Crippen LogP contribution < -0.4 is 16.4 Å². The molecule has 3 saturated heterocycles. The highest BCUT2D eigenvalue weighted by Crippen LogP contribution is 2.30. The Balaban J connectivity index is 1.11. The van der Waals surface area contributed by atoms with Crippen LogP contribution in [0.2, 0.25) is 5.02 Å². The summed E-state index contributed by atoms with van der Waals surface area (Å²) in [4.78, 5) is 48.9. The highest BCUT2D eigenvalue weighted by molar-refractivity contribution is 6.33. The Morgan fingerprint density at radius 2 is 1.65 bits per heavy atom. The second-order valence-electron chi connectivity index (χ2n) is 13.0. The maximum atomic E-state index is 14.1. The molecule has 3 fully saturated rings. The van der Waals surface area contributed by atoms with E-state index in [1.165, 1.54) is 0 Å². The van der Waals surface area contributed by atoms with Crippen molar-refractivity contribution < 1.29 is 14.4 Å². The van der Waals surface area contributed by atoms with Crippen molar-refractivity contribution in [1.29, 1.82) is 0 Å². The summed E-state index contributed by atoms with van der Waals surface area (Å²) in [5, 5.41) is 6.77. The minimum atomic E-state index is -0.546. The van der Waals surface area contributed by atoms with E-state index >= 15 is 0 Å². The number of rotatable bonds is 7. The Morgan fingerprint density at radius 3 is 2.37 bits per heavy atom. The van der Waals surface area contributed by atoms with Crippen LogP contribution in [0.15, 0.2) is 36.4 Å². The van der Waals surface area contributed by atoms with Gasteiger partial charge in [-0.05, 0) is 61.4 Å². The first-order chi connectivity index (χ1) is 22.3. The summed E-state index contributed by atoms with van der Waals surface area (Å²) in [7, 11) is 0. The number of nitrogens with zero attached hydrogens (tertiary/aromatic N) is 4. The van der Waals surface area contributed by atoms with Crippen molar-refractivity contribution in [3.05, 3.63) is 58.1 Å². The van der Waals surface area contributed by atoms with Gasteiger partial charge in [0.2, 0.25) is 11.8 Å². The lowest BCUT2D eigenvalue weighted by atomic mass is 9.91. The lowest BCUT2D eigenvalue weighted by Gasteiger charge is -2.42. The molecule has 46 heavy (non-hydrogen) atoms. The molecule has 0 aromatic heterocycles. The summed E-state index contributed by atoms with van der Waals surface area (Å²) in [6, 6.07) is 11.8. The minimum Gasteiger partial charge on any atom is -0.397 e. The molecule has 1 atom stereocenters. The van der Waals surface area contributed by atoms with E-state index in [-0.39, 0.29) is 30.3 Å². The third kappa shape index (κ3) is 7.12. The van der Waals surface area contributed by atoms with Crippen LogP contribution in [-0.4, -0.2) is 102 Å². The van der Waals surface area contributed by atoms with Gasteiger partial charge < -0.3 is 31.1 Å². The zero-order valence-electron chi connectivity index (χ0n) is 26.3. The number of nitrogen functional groups attached to an aromatic ring is 1. The molecule has 11 heteroatoms. The number of terminal acetylenes is 1. The van der Waals surface area contributed by atoms with Gasteiger partial charge in [0, 0.05) is 88.7 Å². The van der Waals surface area contributed by atoms with Crippen molar-refractivity contribution in [3.8, 4) is 12.3 Å². The van der Waals surface area contributed by atoms with Crippen LogP contribution in [-0.2, 0) is 22.6 Å². The molecule has 6 rings (SSSR count). The van der Waals surface area contributed by atoms with Gasteiger partial charge in [-0.15, -0.1) is 6.42 Å². The summed E-state index contributed by atoms with van der Waals surface area (Å²) in [5.74, 6) is 2.00. The van der Waals surface area contributed by atoms with Gasteiger partial charge in [-0.25, -0.2) is 4.79 Å². The monoisotopic (exact) mass is 645 g/mol. The van der Waals surface area contributed by atoms with E-state index in [2.05, 4.69) is 21.5 Å². The highest BCUT2D eigenvalue weighted by Gasteiger charge is 2.36. The van der Waals surface area contributed by atoms with Crippen molar-refractivity contribution in [2.45, 2.75) is 57.2 Å². The molecule has 10 nitrogen and oxygen atoms in total. The Hall–Kier alpha value is -3.78. The molecular formula is C35H44ClN7O3. The number of carbonyl (C=O) groups excluding carboxylic acids is 3. The smallest absolute Gasteiger partial charge is 0.322 e. The van der Waals surface area contributed by atoms with Crippen molar-refractivity contribution in [2.24, 2.45) is 5.92 Å². The molecule has 2 aromatic rings. The number of nitrogens with two attached hydrogens (primary N) is 1. The normalized spacial score (nSPS) is 20.5. The first-order valence-electron chi connectivity index (χ1n) is 16.5. The van der Waals surface area contributed by atoms with E-state index in [9.17, 15) is 14.4 Å². The topological polar surface area (TPSA) is 114 Å². The number of nitrogens with one attached hydrogen (secondary N) is 2. The summed E-state index contributed by atoms with van der Waals surface area (Å²) >= 11 is 6.41. The standard InChI is InChI=1S/C35H44ClN7O3/c1-2-25-19-24(21-30(36)33(25)37)20-27(34(45)42-15-7-28(8-16-42)40-17-11-38-12-18-40)22-32(44)41-13-9-29(10-14-41)43-23-26-5-3-4-6-31(26)39-35(43)46/h1,3-6,19,21,27-29,38H,7-18,20,22-23,37H2,(H,39,46)/t27-/m0/s1. The van der Waals surface area contributed by atoms with E-state index in [0.29, 0.717) is 74.3 Å². The van der Waals surface area contributed by atoms with Crippen molar-refractivity contribution in [1.82, 2.24) is 24.9 Å². The molecule has 0 unspecified atom stereocenters. The largest absolute Gasteiger partial charge is 0.397 e. The van der Waals surface area contributed by atoms with Gasteiger partial charge in [0.05, 0.1) is 16.6 Å². The number of hydrogen-bond donors (Lipinski definition) is 3. The van der Waals surface area contributed by atoms with Crippen LogP contribution in [0.3, 0.4) is 0 Å². The summed E-state index contributed by atoms with van der Waals surface area (Å²) in [5.41, 5.74) is 9.65. The van der Waals surface area contributed by atoms with Gasteiger partial charge in [-0.3, -0.25) is 14.5 Å². The van der Waals surface area contributed by atoms with Crippen LogP contribution >= 0.6 is 11.6 Å². The molecule has 2 aromatic carbocycles. The van der Waals surface area contributed by atoms with Gasteiger partial charge in [0.25, 0.3) is 0 Å². The van der Waals surface area contributed by atoms with Gasteiger partial charge in [0.1, 0.15) is 0 Å². The fourth-order valence-electron chi connectivity index (χ4n) is 7.48. The average molecular weight is 646 g/mol. The van der Waals surface area contributed by atoms with Gasteiger partial charge in [0.15, 0.2) is 0 Å². The molecule has 0 bridgehead atoms. The van der Waals surface area contributed by atoms with Crippen LogP contribution in [0.25, 0.3) is 0 Å². The molecule has 4 aliphatic heterocycles. The maximum absolute atomic E-state index is 14.1. The Labute approximate surface area is 276 Å². The van der Waals surface area contributed by atoms with Crippen molar-refractivity contribution >= 4 is 40.8 Å². The number of likely N-dealkylation sites (tertiary alicyclic amines) is 2. The molecule has 0 aliphatic carbocycles. The van der Waals surface area contributed by atoms with Gasteiger partial charge in [-0.1, -0.05) is 35.7 Å². The quantitative estimate of drug-likeness (QED) is 0.314. The molecule has 244 valence electrons. The Morgan fingerprint density at radius 1 is 0.978 bits per heavy atom. The third-order valence-electron chi connectivity index (χ3n) is 10.2. The molecule has 4 amide bonds. The van der Waals surface area contributed by atoms with Gasteiger partial charge >= 0.3 is 6.03 Å². The number of para-hydroxylation sites is 1. The first-order valence-corrected chi connectivity index (χ1v) is 16.9. The number of piperazine rings is 1. The molecule has 0 radical (unpaired) electrons. The number of amides is 4. The van der Waals surface area contributed by atoms with E-state index in [1.807, 2.05) is 39.0 Å². The average Bonchev–Trinajstić information content (AvgIpc) is 3.09. The van der Waals surface area contributed by atoms with Crippen LogP contribution in [0.1, 0.15) is 48.8 Å². The predicted octanol–water partition coefficient (Wildman–Crippen LogP) is 3.39. The molecule has 0 spiro atoms. The zero-order chi connectivity index (χ0) is 32.2. The number of fused-ring (bicyclic) bond motifs is 1. The maximum Gasteiger partial charge on any atom is 0.322 e. The summed E-state index contributed by atoms with van der Waals surface area (Å²) in [6.07, 6.45) is 9.39. The third-order valence-corrected chi connectivity index (χ3v) is 10.5. The van der Waals surface area contributed by atoms with E-state index < -0.39 is 5.92 Å². The van der Waals surface area contributed by atoms with Crippen molar-refractivity contribution in [3.63, 3.8) is 0 Å². The molecule has 4 heterocycles. The zero-order valence-corrected chi connectivity index (χ0v) is 27.1. The van der Waals surface area contributed by atoms with Crippen LogP contribution in [0.4, 0.5) is 16.2 Å². The number of anilines is 2. The predicted molar refractivity (Wildman–Crippen MR) is 180 cm³/mol. The highest BCUT2D eigenvalue weighted by atomic mass is 35.5. The number of benzene rings is 2. The van der Waals surface area contributed by atoms with Gasteiger partial charge in [-0.2, -0.15) is 0 Å². The fourth-order valence-corrected chi connectivity index (χ4v) is 7.73. The number of urea groups is 1.